The van der Waals surface area contributed by atoms with E-state index in [-0.39, 0.29) is 0 Å². The molecule has 0 aliphatic carbocycles. The third kappa shape index (κ3) is 5.90. The predicted molar refractivity (Wildman–Crippen MR) is 277 cm³/mol. The maximum atomic E-state index is 6.89. The number of amidine groups is 2. The second-order valence-corrected chi connectivity index (χ2v) is 17.4. The van der Waals surface area contributed by atoms with Crippen LogP contribution < -0.4 is 5.32 Å². The lowest BCUT2D eigenvalue weighted by Gasteiger charge is -2.25. The maximum absolute atomic E-state index is 6.89. The molecular formula is C61H39N5O. The van der Waals surface area contributed by atoms with Crippen LogP contribution in [0.25, 0.3) is 98.8 Å². The molecule has 314 valence electrons. The van der Waals surface area contributed by atoms with Gasteiger partial charge in [0.2, 0.25) is 0 Å². The average molecular weight is 858 g/mol. The van der Waals surface area contributed by atoms with Crippen molar-refractivity contribution in [1.82, 2.24) is 14.5 Å². The van der Waals surface area contributed by atoms with Crippen LogP contribution in [-0.4, -0.2) is 20.8 Å². The molecule has 0 spiro atoms. The molecule has 1 atom stereocenters. The molecule has 0 bridgehead atoms. The number of fused-ring (bicyclic) bond motifs is 10. The minimum atomic E-state index is -0.485. The molecule has 4 heterocycles. The van der Waals surface area contributed by atoms with Crippen molar-refractivity contribution >= 4 is 88.0 Å². The first-order chi connectivity index (χ1) is 33.2. The first kappa shape index (κ1) is 37.4. The molecule has 1 aliphatic heterocycles. The highest BCUT2D eigenvalue weighted by molar-refractivity contribution is 6.19. The fourth-order valence-electron chi connectivity index (χ4n) is 10.5. The number of para-hydroxylation sites is 4. The molecule has 3 aromatic heterocycles. The van der Waals surface area contributed by atoms with Crippen LogP contribution in [0.4, 0.5) is 0 Å². The highest BCUT2D eigenvalue weighted by Gasteiger charge is 2.27. The molecule has 6 heteroatoms. The lowest BCUT2D eigenvalue weighted by Crippen LogP contribution is -2.33. The Morgan fingerprint density at radius 3 is 1.90 bits per heavy atom. The average Bonchev–Trinajstić information content (AvgIpc) is 4.06. The number of nitrogens with zero attached hydrogens (tertiary/aromatic N) is 4. The van der Waals surface area contributed by atoms with E-state index in [9.17, 15) is 0 Å². The Labute approximate surface area is 385 Å². The molecule has 0 saturated heterocycles. The van der Waals surface area contributed by atoms with Gasteiger partial charge in [-0.15, -0.1) is 0 Å². The minimum absolute atomic E-state index is 0.485. The number of nitrogens with one attached hydrogen (secondary N) is 1. The van der Waals surface area contributed by atoms with Gasteiger partial charge in [0, 0.05) is 54.7 Å². The monoisotopic (exact) mass is 857 g/mol. The van der Waals surface area contributed by atoms with Crippen molar-refractivity contribution in [2.45, 2.75) is 6.17 Å². The number of hydrogen-bond donors (Lipinski definition) is 1. The highest BCUT2D eigenvalue weighted by Crippen LogP contribution is 2.42. The van der Waals surface area contributed by atoms with Crippen LogP contribution in [0.5, 0.6) is 0 Å². The molecule has 10 aromatic carbocycles. The Balaban J connectivity index is 1.04. The van der Waals surface area contributed by atoms with Gasteiger partial charge in [-0.05, 0) is 88.6 Å². The van der Waals surface area contributed by atoms with Gasteiger partial charge in [-0.3, -0.25) is 0 Å². The Morgan fingerprint density at radius 2 is 1.06 bits per heavy atom. The zero-order valence-electron chi connectivity index (χ0n) is 36.1. The fraction of sp³-hybridized carbons (Fsp3) is 0.0164. The van der Waals surface area contributed by atoms with Gasteiger partial charge < -0.3 is 18.9 Å². The van der Waals surface area contributed by atoms with E-state index in [4.69, 9.17) is 14.4 Å². The van der Waals surface area contributed by atoms with E-state index in [1.165, 1.54) is 21.5 Å². The molecule has 0 amide bonds. The Kier molecular flexibility index (Phi) is 8.24. The first-order valence-electron chi connectivity index (χ1n) is 22.8. The van der Waals surface area contributed by atoms with Crippen molar-refractivity contribution in [3.8, 4) is 22.5 Å². The number of aromatic nitrogens is 2. The summed E-state index contributed by atoms with van der Waals surface area (Å²) in [7, 11) is 0. The normalized spacial score (nSPS) is 14.1. The van der Waals surface area contributed by atoms with Gasteiger partial charge in [0.15, 0.2) is 11.4 Å². The van der Waals surface area contributed by atoms with Crippen molar-refractivity contribution in [3.63, 3.8) is 0 Å². The summed E-state index contributed by atoms with van der Waals surface area (Å²) < 4.78 is 11.6. The molecular weight excluding hydrogens is 819 g/mol. The standard InChI is InChI=1S/C61H39N5O/c1-3-17-38(18-4-1)39-21-15-22-42(33-39)59-62-60(64-61(63-59)48-28-16-31-53-57(48)47-27-10-13-30-52(47)65(53)44-23-5-2-6-24-44)43-35-50-46-26-11-14-32-56(46)67-58(50)55(37-43)66-51-29-12-9-25-45(51)49-34-40-19-7-8-20-41(40)36-54(49)66/h1-37,61H,(H,62,63,64). The maximum Gasteiger partial charge on any atom is 0.159 e. The molecule has 0 fully saturated rings. The van der Waals surface area contributed by atoms with Crippen LogP contribution in [-0.2, 0) is 0 Å². The van der Waals surface area contributed by atoms with Gasteiger partial charge in [0.25, 0.3) is 0 Å². The van der Waals surface area contributed by atoms with Gasteiger partial charge in [0.1, 0.15) is 17.6 Å². The first-order valence-corrected chi connectivity index (χ1v) is 22.8. The molecule has 14 rings (SSSR count). The van der Waals surface area contributed by atoms with Crippen molar-refractivity contribution in [1.29, 1.82) is 0 Å². The van der Waals surface area contributed by atoms with Gasteiger partial charge in [-0.25, -0.2) is 9.98 Å². The summed E-state index contributed by atoms with van der Waals surface area (Å²) in [6.45, 7) is 0. The van der Waals surface area contributed by atoms with Crippen LogP contribution in [0.1, 0.15) is 22.9 Å². The van der Waals surface area contributed by atoms with E-state index in [0.29, 0.717) is 5.84 Å². The Bertz CT molecular complexity index is 4190. The van der Waals surface area contributed by atoms with Crippen LogP contribution in [0, 0.1) is 0 Å². The van der Waals surface area contributed by atoms with E-state index in [0.717, 1.165) is 99.8 Å². The molecule has 1 N–H and O–H groups in total. The Morgan fingerprint density at radius 1 is 0.418 bits per heavy atom. The van der Waals surface area contributed by atoms with E-state index < -0.39 is 6.17 Å². The van der Waals surface area contributed by atoms with Crippen molar-refractivity contribution in [3.05, 3.63) is 241 Å². The van der Waals surface area contributed by atoms with Crippen LogP contribution in [0.2, 0.25) is 0 Å². The topological polar surface area (TPSA) is 59.8 Å². The Hall–Kier alpha value is -9.00. The second kappa shape index (κ2) is 14.8. The third-order valence-corrected chi connectivity index (χ3v) is 13.5. The van der Waals surface area contributed by atoms with E-state index in [2.05, 4.69) is 233 Å². The smallest absolute Gasteiger partial charge is 0.159 e. The highest BCUT2D eigenvalue weighted by atomic mass is 16.3. The largest absolute Gasteiger partial charge is 0.454 e. The number of furan rings is 1. The number of rotatable bonds is 6. The van der Waals surface area contributed by atoms with E-state index in [1.54, 1.807) is 0 Å². The van der Waals surface area contributed by atoms with Crippen LogP contribution >= 0.6 is 0 Å². The van der Waals surface area contributed by atoms with Gasteiger partial charge in [-0.2, -0.15) is 0 Å². The lowest BCUT2D eigenvalue weighted by atomic mass is 10.0. The quantitative estimate of drug-likeness (QED) is 0.181. The lowest BCUT2D eigenvalue weighted by molar-refractivity contribution is 0.666. The minimum Gasteiger partial charge on any atom is -0.454 e. The number of aliphatic imine (C=N–C) groups is 2. The van der Waals surface area contributed by atoms with Gasteiger partial charge in [0.05, 0.1) is 27.8 Å². The fourth-order valence-corrected chi connectivity index (χ4v) is 10.5. The summed E-state index contributed by atoms with van der Waals surface area (Å²) in [5, 5.41) is 13.0. The zero-order valence-corrected chi connectivity index (χ0v) is 36.1. The van der Waals surface area contributed by atoms with Gasteiger partial charge >= 0.3 is 0 Å². The molecule has 1 unspecified atom stereocenters. The summed E-state index contributed by atoms with van der Waals surface area (Å²) in [5.41, 5.74) is 13.3. The van der Waals surface area contributed by atoms with Crippen molar-refractivity contribution in [2.24, 2.45) is 9.98 Å². The zero-order chi connectivity index (χ0) is 44.0. The molecule has 0 saturated carbocycles. The van der Waals surface area contributed by atoms with Gasteiger partial charge in [-0.1, -0.05) is 158 Å². The van der Waals surface area contributed by atoms with Crippen LogP contribution in [0.3, 0.4) is 0 Å². The molecule has 6 nitrogen and oxygen atoms in total. The number of hydrogen-bond acceptors (Lipinski definition) is 4. The molecule has 1 aliphatic rings. The molecule has 67 heavy (non-hydrogen) atoms. The third-order valence-electron chi connectivity index (χ3n) is 13.5. The summed E-state index contributed by atoms with van der Waals surface area (Å²) >= 11 is 0. The predicted octanol–water partition coefficient (Wildman–Crippen LogP) is 15.1. The number of benzene rings is 10. The summed E-state index contributed by atoms with van der Waals surface area (Å²) in [4.78, 5) is 11.1. The summed E-state index contributed by atoms with van der Waals surface area (Å²) in [6.07, 6.45) is -0.485. The van der Waals surface area contributed by atoms with Crippen molar-refractivity contribution < 1.29 is 4.42 Å². The van der Waals surface area contributed by atoms with Crippen molar-refractivity contribution in [2.75, 3.05) is 0 Å². The van der Waals surface area contributed by atoms with E-state index in [1.807, 2.05) is 6.07 Å². The molecule has 13 aromatic rings. The summed E-state index contributed by atoms with van der Waals surface area (Å²) in [6, 6.07) is 79.7. The molecule has 0 radical (unpaired) electrons. The summed E-state index contributed by atoms with van der Waals surface area (Å²) in [5.74, 6) is 1.38. The van der Waals surface area contributed by atoms with E-state index >= 15 is 0 Å². The second-order valence-electron chi connectivity index (χ2n) is 17.4. The SMILES string of the molecule is c1ccc(-c2cccc(C3=NC(c4cc(-n5c6ccccc6c6cc7ccccc7cc65)c5oc6ccccc6c5c4)=NC(c4cccc5c4c4ccccc4n5-c4ccccc4)N3)c2)cc1. The van der Waals surface area contributed by atoms with Crippen LogP contribution in [0.15, 0.2) is 239 Å².